The van der Waals surface area contributed by atoms with Crippen molar-refractivity contribution in [2.45, 2.75) is 153 Å². The molecule has 0 radical (unpaired) electrons. The molecule has 0 aliphatic carbocycles. The molecule has 4 aliphatic rings. The fourth-order valence-electron chi connectivity index (χ4n) is 12.4. The van der Waals surface area contributed by atoms with Crippen LogP contribution < -0.4 is 47.3 Å². The van der Waals surface area contributed by atoms with Gasteiger partial charge in [0.1, 0.15) is 66.0 Å². The van der Waals surface area contributed by atoms with Gasteiger partial charge in [-0.25, -0.2) is 14.2 Å². The van der Waals surface area contributed by atoms with Crippen molar-refractivity contribution in [1.82, 2.24) is 82.3 Å². The maximum atomic E-state index is 15.2. The molecule has 7 aromatic rings. The highest BCUT2D eigenvalue weighted by molar-refractivity contribution is 5.98. The summed E-state index contributed by atoms with van der Waals surface area (Å²) in [6, 6.07) is 22.0. The van der Waals surface area contributed by atoms with E-state index in [1.165, 1.54) is 14.5 Å². The van der Waals surface area contributed by atoms with Gasteiger partial charge in [-0.05, 0) is 90.1 Å². The highest BCUT2D eigenvalue weighted by atomic mass is 16.5. The van der Waals surface area contributed by atoms with Crippen LogP contribution in [-0.4, -0.2) is 180 Å². The van der Waals surface area contributed by atoms with Gasteiger partial charge < -0.3 is 62.2 Å². The summed E-state index contributed by atoms with van der Waals surface area (Å²) in [7, 11) is 3.24. The Bertz CT molecular complexity index is 4000. The molecule has 0 unspecified atom stereocenters. The van der Waals surface area contributed by atoms with E-state index in [1.54, 1.807) is 97.0 Å². The SMILES string of the molecule is CN[C@@H](C)C(=O)N[C@H](C(=O)N1C[C@H]2C[C@@H]1C(=O)N[C@@H](Cc1ccc3ccccc3c1)C(=O)N[C@@H](C(=O)O)Cc1ccc(cc1)OCc1cn(nn1)[C@@H]1C[C@H](C(=O)N[C@H](Cc3ccc4ccccc4c3)C(=O)NCc3cn2nn3)N(C(=O)[C@@H](NC(=O)[C@H](C)NC)C(C)C)C1)C(C)C. The zero-order valence-corrected chi connectivity index (χ0v) is 55.0. The number of carbonyl (C=O) groups excluding carboxylic acids is 8. The molecule has 4 aliphatic heterocycles. The Hall–Kier alpha value is -10.1. The van der Waals surface area contributed by atoms with Crippen molar-refractivity contribution in [3.63, 3.8) is 0 Å². The van der Waals surface area contributed by atoms with Crippen LogP contribution in [0.1, 0.15) is 94.5 Å². The number of rotatable bonds is 15. The van der Waals surface area contributed by atoms with Crippen molar-refractivity contribution >= 4 is 74.8 Å². The highest BCUT2D eigenvalue weighted by Crippen LogP contribution is 2.32. The largest absolute Gasteiger partial charge is 0.487 e. The lowest BCUT2D eigenvalue weighted by atomic mass is 9.99. The molecular formula is C69H84N16O11. The maximum absolute atomic E-state index is 15.2. The molecule has 2 aromatic heterocycles. The first-order chi connectivity index (χ1) is 46.0. The summed E-state index contributed by atoms with van der Waals surface area (Å²) in [6.45, 7) is 10.0. The Morgan fingerprint density at radius 3 is 1.50 bits per heavy atom. The van der Waals surface area contributed by atoms with Crippen LogP contribution in [0.15, 0.2) is 122 Å². The first-order valence-corrected chi connectivity index (χ1v) is 32.5. The van der Waals surface area contributed by atoms with Gasteiger partial charge in [0.2, 0.25) is 47.3 Å². The fourth-order valence-corrected chi connectivity index (χ4v) is 12.4. The van der Waals surface area contributed by atoms with Crippen LogP contribution in [0.2, 0.25) is 0 Å². The average Bonchev–Trinajstić information content (AvgIpc) is 1.63. The number of benzene rings is 5. The average molecular weight is 1310 g/mol. The third-order valence-electron chi connectivity index (χ3n) is 18.3. The Kier molecular flexibility index (Phi) is 21.8. The van der Waals surface area contributed by atoms with E-state index in [0.29, 0.717) is 22.6 Å². The van der Waals surface area contributed by atoms with E-state index in [9.17, 15) is 33.9 Å². The van der Waals surface area contributed by atoms with Crippen molar-refractivity contribution < 1.29 is 53.0 Å². The molecule has 0 saturated carbocycles. The smallest absolute Gasteiger partial charge is 0.326 e. The Morgan fingerprint density at radius 2 is 1.03 bits per heavy atom. The number of ether oxygens (including phenoxy) is 1. The normalized spacial score (nSPS) is 21.8. The number of likely N-dealkylation sites (tertiary alicyclic amines) is 2. The van der Waals surface area contributed by atoms with E-state index in [1.807, 2.05) is 84.9 Å². The number of aliphatic carboxylic acids is 1. The molecule has 2 fully saturated rings. The lowest BCUT2D eigenvalue weighted by Crippen LogP contribution is -2.59. The number of nitrogens with zero attached hydrogens (tertiary/aromatic N) is 8. The zero-order valence-electron chi connectivity index (χ0n) is 55.0. The number of aromatic nitrogens is 6. The van der Waals surface area contributed by atoms with Crippen LogP contribution in [0.3, 0.4) is 0 Å². The highest BCUT2D eigenvalue weighted by Gasteiger charge is 2.47. The van der Waals surface area contributed by atoms with Gasteiger partial charge in [-0.2, -0.15) is 0 Å². The van der Waals surface area contributed by atoms with E-state index in [4.69, 9.17) is 4.74 Å². The molecule has 27 heteroatoms. The monoisotopic (exact) mass is 1310 g/mol. The molecule has 2 saturated heterocycles. The number of carbonyl (C=O) groups is 9. The van der Waals surface area contributed by atoms with Crippen molar-refractivity contribution in [2.75, 3.05) is 27.2 Å². The third kappa shape index (κ3) is 16.3. The van der Waals surface area contributed by atoms with E-state index < -0.39 is 132 Å². The standard InChI is InChI=1S/C69H84N16O11/c1-38(2)59(76-61(86)40(5)70-7)67(92)82-35-51-30-58(82)66(91)74-55(29-44-18-22-46-14-10-12-16-48(46)26-44)64(89)75-56(69(94)95)27-42-19-23-53(24-20-42)96-37-50-34-85(81-79-50)52-31-57(83(36-52)68(93)60(39(3)4)77-62(87)41(6)71-8)65(90)73-54(63(88)72-32-49-33-84(51)80-78-49)28-43-17-21-45-13-9-11-15-47(45)25-43/h9-26,33-34,38-41,51-52,54-60,70-71H,27-32,35-37H2,1-8H3,(H,72,88)(H,73,90)(H,74,91)(H,75,89)(H,76,86)(H,77,87)(H,94,95)/t40-,41-,51+,52+,54+,55-,56+,57+,58+,59-,60-/m0/s1. The first-order valence-electron chi connectivity index (χ1n) is 32.5. The second kappa shape index (κ2) is 30.5. The number of hydrogen-bond acceptors (Lipinski definition) is 16. The summed E-state index contributed by atoms with van der Waals surface area (Å²) >= 11 is 0. The van der Waals surface area contributed by atoms with Gasteiger partial charge in [0.25, 0.3) is 0 Å². The van der Waals surface area contributed by atoms with Crippen LogP contribution >= 0.6 is 0 Å². The van der Waals surface area contributed by atoms with E-state index in [0.717, 1.165) is 27.1 Å². The molecular weight excluding hydrogens is 1230 g/mol. The van der Waals surface area contributed by atoms with Gasteiger partial charge in [0.15, 0.2) is 0 Å². The molecule has 11 atom stereocenters. The minimum absolute atomic E-state index is 0.0208. The van der Waals surface area contributed by atoms with Crippen molar-refractivity contribution in [2.24, 2.45) is 11.8 Å². The molecule has 9 N–H and O–H groups in total. The molecule has 27 nitrogen and oxygen atoms in total. The Morgan fingerprint density at radius 1 is 0.573 bits per heavy atom. The summed E-state index contributed by atoms with van der Waals surface area (Å²) < 4.78 is 9.17. The topological polar surface area (TPSA) is 347 Å². The molecule has 10 bridgehead atoms. The second-order valence-electron chi connectivity index (χ2n) is 25.8. The van der Waals surface area contributed by atoms with E-state index >= 15 is 14.4 Å². The zero-order chi connectivity index (χ0) is 68.5. The number of fused-ring (bicyclic) bond motifs is 16. The minimum atomic E-state index is -1.48. The van der Waals surface area contributed by atoms with Crippen molar-refractivity contribution in [3.8, 4) is 5.75 Å². The predicted molar refractivity (Wildman–Crippen MR) is 354 cm³/mol. The van der Waals surface area contributed by atoms with Gasteiger partial charge in [-0.3, -0.25) is 38.4 Å². The van der Waals surface area contributed by atoms with Crippen LogP contribution in [0.25, 0.3) is 21.5 Å². The molecule has 506 valence electrons. The predicted octanol–water partition coefficient (Wildman–Crippen LogP) is 2.43. The van der Waals surface area contributed by atoms with Crippen LogP contribution in [0, 0.1) is 11.8 Å². The van der Waals surface area contributed by atoms with E-state index in [-0.39, 0.29) is 64.0 Å². The Labute approximate surface area is 555 Å². The molecule has 11 rings (SSSR count). The number of likely N-dealkylation sites (N-methyl/N-ethyl adjacent to an activating group) is 2. The number of carboxylic acids is 1. The van der Waals surface area contributed by atoms with E-state index in [2.05, 4.69) is 63.2 Å². The number of nitrogens with one attached hydrogen (secondary N) is 8. The molecule has 0 spiro atoms. The molecule has 6 heterocycles. The minimum Gasteiger partial charge on any atom is -0.487 e. The fraction of sp³-hybridized carbons (Fsp3) is 0.435. The summed E-state index contributed by atoms with van der Waals surface area (Å²) in [5.41, 5.74) is 2.57. The first kappa shape index (κ1) is 68.7. The van der Waals surface area contributed by atoms with Crippen LogP contribution in [-0.2, 0) is 75.6 Å². The van der Waals surface area contributed by atoms with Crippen molar-refractivity contribution in [3.05, 3.63) is 150 Å². The number of hydrogen-bond donors (Lipinski definition) is 9. The molecule has 8 amide bonds. The number of carboxylic acid groups (broad SMARTS) is 1. The number of amides is 8. The van der Waals surface area contributed by atoms with Crippen LogP contribution in [0.5, 0.6) is 5.75 Å². The van der Waals surface area contributed by atoms with Gasteiger partial charge >= 0.3 is 5.97 Å². The summed E-state index contributed by atoms with van der Waals surface area (Å²) in [5, 5.41) is 55.0. The van der Waals surface area contributed by atoms with Gasteiger partial charge in [0.05, 0.1) is 43.1 Å². The molecule has 5 aromatic carbocycles. The maximum Gasteiger partial charge on any atom is 0.326 e. The van der Waals surface area contributed by atoms with Gasteiger partial charge in [-0.1, -0.05) is 135 Å². The van der Waals surface area contributed by atoms with Crippen molar-refractivity contribution in [1.29, 1.82) is 0 Å². The van der Waals surface area contributed by atoms with Gasteiger partial charge in [-0.15, -0.1) is 10.2 Å². The lowest BCUT2D eigenvalue weighted by molar-refractivity contribution is -0.144. The second-order valence-corrected chi connectivity index (χ2v) is 25.8. The van der Waals surface area contributed by atoms with Crippen LogP contribution in [0.4, 0.5) is 0 Å². The molecule has 96 heavy (non-hydrogen) atoms. The third-order valence-corrected chi connectivity index (χ3v) is 18.3. The Balaban J connectivity index is 1.00. The summed E-state index contributed by atoms with van der Waals surface area (Å²) in [5.74, 6) is -6.55. The summed E-state index contributed by atoms with van der Waals surface area (Å²) in [6.07, 6.45) is 2.99. The lowest BCUT2D eigenvalue weighted by Gasteiger charge is -2.32. The van der Waals surface area contributed by atoms with Gasteiger partial charge in [0, 0.05) is 45.2 Å². The summed E-state index contributed by atoms with van der Waals surface area (Å²) in [4.78, 5) is 133. The quantitative estimate of drug-likeness (QED) is 0.0712.